The first-order valence-corrected chi connectivity index (χ1v) is 17.8. The van der Waals surface area contributed by atoms with Crippen molar-refractivity contribution in [1.82, 2.24) is 0 Å². The van der Waals surface area contributed by atoms with Crippen LogP contribution in [0, 0.1) is 5.92 Å². The SMILES string of the molecule is C1=CC2C=Cc3oc4cc(-c5ccc6c(-c7ccc8ccccc8c7)c7ccccc7c(-c7ccc8ccccc8c7)c6c5)ccc4c3C2C=C1. The van der Waals surface area contributed by atoms with Crippen LogP contribution in [0.4, 0.5) is 0 Å². The van der Waals surface area contributed by atoms with Crippen molar-refractivity contribution in [2.45, 2.75) is 5.92 Å². The van der Waals surface area contributed by atoms with E-state index in [9.17, 15) is 0 Å². The summed E-state index contributed by atoms with van der Waals surface area (Å²) in [5.41, 5.74) is 9.56. The van der Waals surface area contributed by atoms with Gasteiger partial charge in [-0.05, 0) is 107 Å². The van der Waals surface area contributed by atoms with Gasteiger partial charge in [-0.3, -0.25) is 0 Å². The highest BCUT2D eigenvalue weighted by atomic mass is 16.3. The highest BCUT2D eigenvalue weighted by Crippen LogP contribution is 2.47. The van der Waals surface area contributed by atoms with Crippen LogP contribution >= 0.6 is 0 Å². The number of benzene rings is 8. The van der Waals surface area contributed by atoms with Gasteiger partial charge in [-0.1, -0.05) is 152 Å². The highest BCUT2D eigenvalue weighted by Gasteiger charge is 2.29. The summed E-state index contributed by atoms with van der Waals surface area (Å²) < 4.78 is 6.55. The lowest BCUT2D eigenvalue weighted by atomic mass is 9.78. The molecule has 0 spiro atoms. The highest BCUT2D eigenvalue weighted by molar-refractivity contribution is 6.22. The Morgan fingerprint density at radius 1 is 0.392 bits per heavy atom. The molecule has 2 aliphatic carbocycles. The minimum Gasteiger partial charge on any atom is -0.456 e. The molecule has 0 amide bonds. The van der Waals surface area contributed by atoms with Crippen molar-refractivity contribution in [2.75, 3.05) is 0 Å². The van der Waals surface area contributed by atoms with Crippen LogP contribution in [0.2, 0.25) is 0 Å². The van der Waals surface area contributed by atoms with Gasteiger partial charge in [0, 0.05) is 22.8 Å². The molecule has 2 aliphatic rings. The standard InChI is InChI=1S/C50H32O/c1-3-12-34-27-38(19-17-31(34)9-1)48-41-15-7-8-16-42(41)49(39-20-18-32-10-2-4-13-35(32)28-39)45-29-36(21-24-43(45)48)37-22-25-44-47(30-37)51-46-26-23-33-11-5-6-14-40(33)50(44)46/h1-30,33,40H. The topological polar surface area (TPSA) is 13.1 Å². The van der Waals surface area contributed by atoms with Gasteiger partial charge >= 0.3 is 0 Å². The van der Waals surface area contributed by atoms with Crippen LogP contribution in [0.1, 0.15) is 17.2 Å². The van der Waals surface area contributed by atoms with E-state index in [2.05, 4.69) is 182 Å². The zero-order valence-corrected chi connectivity index (χ0v) is 27.9. The fourth-order valence-corrected chi connectivity index (χ4v) is 8.75. The van der Waals surface area contributed by atoms with E-state index in [1.54, 1.807) is 0 Å². The maximum Gasteiger partial charge on any atom is 0.135 e. The Bertz CT molecular complexity index is 2980. The number of furan rings is 1. The van der Waals surface area contributed by atoms with Crippen LogP contribution in [0.15, 0.2) is 180 Å². The number of allylic oxidation sites excluding steroid dienone is 5. The van der Waals surface area contributed by atoms with Crippen LogP contribution < -0.4 is 0 Å². The zero-order valence-electron chi connectivity index (χ0n) is 27.9. The van der Waals surface area contributed by atoms with Crippen molar-refractivity contribution >= 4 is 60.1 Å². The average molecular weight is 649 g/mol. The molecule has 0 radical (unpaired) electrons. The summed E-state index contributed by atoms with van der Waals surface area (Å²) >= 11 is 0. The normalized spacial score (nSPS) is 16.4. The van der Waals surface area contributed by atoms with Crippen LogP contribution in [-0.4, -0.2) is 0 Å². The first-order chi connectivity index (χ1) is 25.3. The minimum absolute atomic E-state index is 0.314. The lowest BCUT2D eigenvalue weighted by molar-refractivity contribution is 0.578. The summed E-state index contributed by atoms with van der Waals surface area (Å²) in [5.74, 6) is 1.67. The molecule has 1 heterocycles. The summed E-state index contributed by atoms with van der Waals surface area (Å²) in [6, 6.07) is 53.8. The first-order valence-electron chi connectivity index (χ1n) is 17.8. The molecule has 0 aliphatic heterocycles. The minimum atomic E-state index is 0.314. The van der Waals surface area contributed by atoms with E-state index in [0.29, 0.717) is 11.8 Å². The summed E-state index contributed by atoms with van der Waals surface area (Å²) in [6.07, 6.45) is 13.3. The second-order valence-electron chi connectivity index (χ2n) is 14.0. The van der Waals surface area contributed by atoms with E-state index in [4.69, 9.17) is 4.42 Å². The summed E-state index contributed by atoms with van der Waals surface area (Å²) in [7, 11) is 0. The van der Waals surface area contributed by atoms with E-state index < -0.39 is 0 Å². The molecule has 0 fully saturated rings. The molecule has 1 aromatic heterocycles. The quantitative estimate of drug-likeness (QED) is 0.174. The number of hydrogen-bond donors (Lipinski definition) is 0. The molecule has 51 heavy (non-hydrogen) atoms. The molecule has 0 bridgehead atoms. The van der Waals surface area contributed by atoms with Gasteiger partial charge in [0.25, 0.3) is 0 Å². The van der Waals surface area contributed by atoms with Gasteiger partial charge < -0.3 is 4.42 Å². The van der Waals surface area contributed by atoms with Crippen molar-refractivity contribution in [2.24, 2.45) is 5.92 Å². The average Bonchev–Trinajstić information content (AvgIpc) is 3.58. The van der Waals surface area contributed by atoms with Crippen molar-refractivity contribution in [1.29, 1.82) is 0 Å². The number of rotatable bonds is 3. The molecule has 0 N–H and O–H groups in total. The second-order valence-corrected chi connectivity index (χ2v) is 14.0. The molecule has 2 unspecified atom stereocenters. The lowest BCUT2D eigenvalue weighted by Gasteiger charge is -2.24. The molecular formula is C50H32O. The lowest BCUT2D eigenvalue weighted by Crippen LogP contribution is -2.12. The smallest absolute Gasteiger partial charge is 0.135 e. The summed E-state index contributed by atoms with van der Waals surface area (Å²) in [5, 5.41) is 11.2. The fourth-order valence-electron chi connectivity index (χ4n) is 8.75. The monoisotopic (exact) mass is 648 g/mol. The third-order valence-corrected chi connectivity index (χ3v) is 11.2. The second kappa shape index (κ2) is 11.0. The fraction of sp³-hybridized carbons (Fsp3) is 0.0400. The molecule has 8 aromatic carbocycles. The van der Waals surface area contributed by atoms with Crippen LogP contribution in [0.5, 0.6) is 0 Å². The Labute approximate surface area is 296 Å². The van der Waals surface area contributed by atoms with Crippen molar-refractivity contribution < 1.29 is 4.42 Å². The number of hydrogen-bond acceptors (Lipinski definition) is 1. The zero-order chi connectivity index (χ0) is 33.5. The van der Waals surface area contributed by atoms with Gasteiger partial charge in [-0.2, -0.15) is 0 Å². The third kappa shape index (κ3) is 4.41. The Hall–Kier alpha value is -6.44. The van der Waals surface area contributed by atoms with E-state index in [1.165, 1.54) is 81.9 Å². The van der Waals surface area contributed by atoms with E-state index in [1.807, 2.05) is 0 Å². The molecule has 2 atom stereocenters. The van der Waals surface area contributed by atoms with E-state index in [0.717, 1.165) is 16.9 Å². The van der Waals surface area contributed by atoms with Gasteiger partial charge in [0.2, 0.25) is 0 Å². The molecular weight excluding hydrogens is 617 g/mol. The molecule has 1 heteroatoms. The van der Waals surface area contributed by atoms with Crippen molar-refractivity contribution in [3.05, 3.63) is 187 Å². The van der Waals surface area contributed by atoms with Crippen LogP contribution in [0.3, 0.4) is 0 Å². The molecule has 11 rings (SSSR count). The van der Waals surface area contributed by atoms with Crippen molar-refractivity contribution in [3.8, 4) is 33.4 Å². The molecule has 1 nitrogen and oxygen atoms in total. The Morgan fingerprint density at radius 2 is 0.941 bits per heavy atom. The third-order valence-electron chi connectivity index (χ3n) is 11.2. The summed E-state index contributed by atoms with van der Waals surface area (Å²) in [6.45, 7) is 0. The van der Waals surface area contributed by atoms with Crippen LogP contribution in [0.25, 0.3) is 93.5 Å². The van der Waals surface area contributed by atoms with Gasteiger partial charge in [-0.15, -0.1) is 0 Å². The molecule has 0 saturated carbocycles. The van der Waals surface area contributed by atoms with Crippen molar-refractivity contribution in [3.63, 3.8) is 0 Å². The van der Waals surface area contributed by atoms with Gasteiger partial charge in [-0.25, -0.2) is 0 Å². The van der Waals surface area contributed by atoms with E-state index >= 15 is 0 Å². The summed E-state index contributed by atoms with van der Waals surface area (Å²) in [4.78, 5) is 0. The van der Waals surface area contributed by atoms with E-state index in [-0.39, 0.29) is 0 Å². The maximum atomic E-state index is 6.55. The van der Waals surface area contributed by atoms with Crippen LogP contribution in [-0.2, 0) is 0 Å². The maximum absolute atomic E-state index is 6.55. The molecule has 0 saturated heterocycles. The van der Waals surface area contributed by atoms with Gasteiger partial charge in [0.1, 0.15) is 11.3 Å². The molecule has 9 aromatic rings. The Morgan fingerprint density at radius 3 is 1.65 bits per heavy atom. The Balaban J connectivity index is 1.17. The first kappa shape index (κ1) is 28.4. The van der Waals surface area contributed by atoms with Gasteiger partial charge in [0.15, 0.2) is 0 Å². The molecule has 238 valence electrons. The largest absolute Gasteiger partial charge is 0.456 e. The van der Waals surface area contributed by atoms with Gasteiger partial charge in [0.05, 0.1) is 0 Å². The number of fused-ring (bicyclic) bond motifs is 9. The predicted octanol–water partition coefficient (Wildman–Crippen LogP) is 13.9. The Kier molecular flexibility index (Phi) is 6.15. The predicted molar refractivity (Wildman–Crippen MR) is 216 cm³/mol.